The molecule has 76 valence electrons. The molecule has 2 nitrogen and oxygen atoms in total. The number of nitrogens with two attached hydrogens (primary N) is 1. The van der Waals surface area contributed by atoms with Gasteiger partial charge < -0.3 is 10.8 Å². The third kappa shape index (κ3) is 1.50. The minimum atomic E-state index is -0.415. The Bertz CT molecular complexity index is 186. The Kier molecular flexibility index (Phi) is 2.16. The average molecular weight is 183 g/mol. The summed E-state index contributed by atoms with van der Waals surface area (Å²) in [6.45, 7) is 2.71. The van der Waals surface area contributed by atoms with Crippen molar-refractivity contribution in [3.63, 3.8) is 0 Å². The molecule has 0 aromatic carbocycles. The van der Waals surface area contributed by atoms with Crippen LogP contribution in [0, 0.1) is 11.3 Å². The molecule has 0 aromatic rings. The molecule has 0 aromatic heterocycles. The maximum absolute atomic E-state index is 9.78. The standard InChI is InChI=1S/C11H21NO/c1-10(13)6-11(7-10,8-12)9-4-2-3-5-9/h9,13H,2-8,12H2,1H3. The van der Waals surface area contributed by atoms with Gasteiger partial charge in [-0.2, -0.15) is 0 Å². The monoisotopic (exact) mass is 183 g/mol. The minimum Gasteiger partial charge on any atom is -0.390 e. The molecule has 0 bridgehead atoms. The zero-order valence-electron chi connectivity index (χ0n) is 8.55. The molecule has 0 atom stereocenters. The van der Waals surface area contributed by atoms with Gasteiger partial charge in [0.2, 0.25) is 0 Å². The SMILES string of the molecule is CC1(O)CC(CN)(C2CCCC2)C1. The lowest BCUT2D eigenvalue weighted by Gasteiger charge is -2.55. The lowest BCUT2D eigenvalue weighted by Crippen LogP contribution is -2.56. The second-order valence-electron chi connectivity index (χ2n) is 5.40. The Morgan fingerprint density at radius 2 is 1.85 bits per heavy atom. The highest BCUT2D eigenvalue weighted by molar-refractivity contribution is 5.06. The van der Waals surface area contributed by atoms with Crippen LogP contribution in [0.4, 0.5) is 0 Å². The second-order valence-corrected chi connectivity index (χ2v) is 5.40. The summed E-state index contributed by atoms with van der Waals surface area (Å²) in [4.78, 5) is 0. The molecule has 2 rings (SSSR count). The fraction of sp³-hybridized carbons (Fsp3) is 1.00. The van der Waals surface area contributed by atoms with E-state index in [2.05, 4.69) is 0 Å². The summed E-state index contributed by atoms with van der Waals surface area (Å²) in [6, 6.07) is 0. The zero-order chi connectivity index (χ0) is 9.53. The highest BCUT2D eigenvalue weighted by Crippen LogP contribution is 2.56. The summed E-state index contributed by atoms with van der Waals surface area (Å²) in [7, 11) is 0. The van der Waals surface area contributed by atoms with E-state index >= 15 is 0 Å². The van der Waals surface area contributed by atoms with E-state index < -0.39 is 5.60 Å². The second kappa shape index (κ2) is 2.96. The molecule has 2 aliphatic rings. The third-order valence-corrected chi connectivity index (χ3v) is 4.09. The Balaban J connectivity index is 2.01. The predicted octanol–water partition coefficient (Wildman–Crippen LogP) is 1.67. The van der Waals surface area contributed by atoms with Crippen molar-refractivity contribution in [2.24, 2.45) is 17.1 Å². The summed E-state index contributed by atoms with van der Waals surface area (Å²) in [5.41, 5.74) is 5.75. The largest absolute Gasteiger partial charge is 0.390 e. The van der Waals surface area contributed by atoms with Crippen LogP contribution in [0.1, 0.15) is 45.4 Å². The number of hydrogen-bond acceptors (Lipinski definition) is 2. The number of aliphatic hydroxyl groups is 1. The van der Waals surface area contributed by atoms with E-state index in [1.54, 1.807) is 0 Å². The molecule has 0 radical (unpaired) electrons. The highest BCUT2D eigenvalue weighted by Gasteiger charge is 2.54. The third-order valence-electron chi connectivity index (χ3n) is 4.09. The smallest absolute Gasteiger partial charge is 0.0631 e. The molecule has 0 amide bonds. The van der Waals surface area contributed by atoms with Crippen molar-refractivity contribution < 1.29 is 5.11 Å². The predicted molar refractivity (Wildman–Crippen MR) is 53.3 cm³/mol. The Hall–Kier alpha value is -0.0800. The summed E-state index contributed by atoms with van der Waals surface area (Å²) in [6.07, 6.45) is 7.28. The van der Waals surface area contributed by atoms with Gasteiger partial charge in [-0.05, 0) is 50.5 Å². The van der Waals surface area contributed by atoms with Crippen molar-refractivity contribution >= 4 is 0 Å². The van der Waals surface area contributed by atoms with Gasteiger partial charge in [-0.15, -0.1) is 0 Å². The van der Waals surface area contributed by atoms with Crippen LogP contribution in [0.15, 0.2) is 0 Å². The minimum absolute atomic E-state index is 0.306. The molecule has 2 fully saturated rings. The van der Waals surface area contributed by atoms with Gasteiger partial charge >= 0.3 is 0 Å². The summed E-state index contributed by atoms with van der Waals surface area (Å²) >= 11 is 0. The first-order valence-electron chi connectivity index (χ1n) is 5.50. The van der Waals surface area contributed by atoms with E-state index in [-0.39, 0.29) is 0 Å². The Labute approximate surface area is 80.5 Å². The molecule has 0 heterocycles. The Morgan fingerprint density at radius 1 is 1.31 bits per heavy atom. The van der Waals surface area contributed by atoms with Crippen molar-refractivity contribution in [2.45, 2.75) is 51.0 Å². The van der Waals surface area contributed by atoms with Crippen LogP contribution >= 0.6 is 0 Å². The topological polar surface area (TPSA) is 46.2 Å². The summed E-state index contributed by atoms with van der Waals surface area (Å²) in [5.74, 6) is 0.803. The van der Waals surface area contributed by atoms with Crippen molar-refractivity contribution in [3.05, 3.63) is 0 Å². The van der Waals surface area contributed by atoms with E-state index in [1.165, 1.54) is 25.7 Å². The molecule has 0 aliphatic heterocycles. The first-order chi connectivity index (χ1) is 6.08. The summed E-state index contributed by atoms with van der Waals surface area (Å²) < 4.78 is 0. The normalized spacial score (nSPS) is 46.4. The lowest BCUT2D eigenvalue weighted by atomic mass is 9.54. The Morgan fingerprint density at radius 3 is 2.23 bits per heavy atom. The molecule has 2 heteroatoms. The fourth-order valence-corrected chi connectivity index (χ4v) is 3.60. The van der Waals surface area contributed by atoms with Crippen molar-refractivity contribution in [1.29, 1.82) is 0 Å². The van der Waals surface area contributed by atoms with Crippen molar-refractivity contribution in [1.82, 2.24) is 0 Å². The van der Waals surface area contributed by atoms with Gasteiger partial charge in [0.1, 0.15) is 0 Å². The molecular weight excluding hydrogens is 162 g/mol. The molecule has 2 aliphatic carbocycles. The lowest BCUT2D eigenvalue weighted by molar-refractivity contribution is -0.136. The first kappa shape index (κ1) is 9.47. The first-order valence-corrected chi connectivity index (χ1v) is 5.50. The van der Waals surface area contributed by atoms with Crippen LogP contribution in [0.3, 0.4) is 0 Å². The molecule has 0 unspecified atom stereocenters. The van der Waals surface area contributed by atoms with E-state index in [0.29, 0.717) is 5.41 Å². The van der Waals surface area contributed by atoms with Gasteiger partial charge in [0.25, 0.3) is 0 Å². The van der Waals surface area contributed by atoms with Gasteiger partial charge in [-0.25, -0.2) is 0 Å². The van der Waals surface area contributed by atoms with Crippen LogP contribution in [-0.2, 0) is 0 Å². The van der Waals surface area contributed by atoms with Gasteiger partial charge in [-0.3, -0.25) is 0 Å². The van der Waals surface area contributed by atoms with Crippen molar-refractivity contribution in [3.8, 4) is 0 Å². The van der Waals surface area contributed by atoms with Crippen LogP contribution in [0.25, 0.3) is 0 Å². The van der Waals surface area contributed by atoms with Crippen LogP contribution in [0.2, 0.25) is 0 Å². The number of rotatable bonds is 2. The fourth-order valence-electron chi connectivity index (χ4n) is 3.60. The molecule has 3 N–H and O–H groups in total. The van der Waals surface area contributed by atoms with E-state index in [0.717, 1.165) is 25.3 Å². The van der Waals surface area contributed by atoms with Gasteiger partial charge in [-0.1, -0.05) is 12.8 Å². The van der Waals surface area contributed by atoms with E-state index in [4.69, 9.17) is 5.73 Å². The van der Waals surface area contributed by atoms with E-state index in [9.17, 15) is 5.11 Å². The quantitative estimate of drug-likeness (QED) is 0.684. The highest BCUT2D eigenvalue weighted by atomic mass is 16.3. The molecule has 0 spiro atoms. The molecule has 0 saturated heterocycles. The van der Waals surface area contributed by atoms with Gasteiger partial charge in [0, 0.05) is 0 Å². The molecule has 13 heavy (non-hydrogen) atoms. The molecule has 2 saturated carbocycles. The average Bonchev–Trinajstić information content (AvgIpc) is 2.51. The van der Waals surface area contributed by atoms with Gasteiger partial charge in [0.15, 0.2) is 0 Å². The van der Waals surface area contributed by atoms with Gasteiger partial charge in [0.05, 0.1) is 5.60 Å². The van der Waals surface area contributed by atoms with Crippen molar-refractivity contribution in [2.75, 3.05) is 6.54 Å². The number of hydrogen-bond donors (Lipinski definition) is 2. The van der Waals surface area contributed by atoms with Crippen LogP contribution < -0.4 is 5.73 Å². The molecular formula is C11H21NO. The van der Waals surface area contributed by atoms with Crippen LogP contribution in [0.5, 0.6) is 0 Å². The zero-order valence-corrected chi connectivity index (χ0v) is 8.55. The maximum atomic E-state index is 9.78. The van der Waals surface area contributed by atoms with Crippen LogP contribution in [-0.4, -0.2) is 17.3 Å². The van der Waals surface area contributed by atoms with E-state index in [1.807, 2.05) is 6.92 Å². The maximum Gasteiger partial charge on any atom is 0.0631 e. The summed E-state index contributed by atoms with van der Waals surface area (Å²) in [5, 5.41) is 9.78.